The third-order valence-corrected chi connectivity index (χ3v) is 4.75. The first kappa shape index (κ1) is 20.8. The van der Waals surface area contributed by atoms with Crippen LogP contribution in [0.15, 0.2) is 12.1 Å². The fraction of sp³-hybridized carbons (Fsp3) is 0.529. The van der Waals surface area contributed by atoms with Gasteiger partial charge in [0.1, 0.15) is 5.56 Å². The first-order chi connectivity index (χ1) is 13.0. The lowest BCUT2D eigenvalue weighted by Crippen LogP contribution is -2.45. The molecule has 0 aliphatic carbocycles. The Hall–Kier alpha value is -2.49. The van der Waals surface area contributed by atoms with E-state index in [1.54, 1.807) is 12.1 Å². The van der Waals surface area contributed by atoms with E-state index in [0.717, 1.165) is 0 Å². The van der Waals surface area contributed by atoms with E-state index in [9.17, 15) is 14.4 Å². The number of nitrogens with one attached hydrogen (secondary N) is 1. The highest BCUT2D eigenvalue weighted by Crippen LogP contribution is 2.24. The van der Waals surface area contributed by atoms with E-state index < -0.39 is 0 Å². The number of methoxy groups -OCH3 is 2. The van der Waals surface area contributed by atoms with Crippen LogP contribution in [0.1, 0.15) is 30.1 Å². The second-order valence-corrected chi connectivity index (χ2v) is 6.85. The van der Waals surface area contributed by atoms with Gasteiger partial charge in [-0.3, -0.25) is 19.4 Å². The number of nitrogens with zero attached hydrogens (tertiary/aromatic N) is 3. The summed E-state index contributed by atoms with van der Waals surface area (Å²) in [7, 11) is 2.91. The molecule has 0 spiro atoms. The highest BCUT2D eigenvalue weighted by Gasteiger charge is 2.32. The largest absolute Gasteiger partial charge is 0.481 e. The monoisotopic (exact) mass is 396 g/mol. The van der Waals surface area contributed by atoms with Gasteiger partial charge in [-0.25, -0.2) is 5.01 Å². The number of ether oxygens (including phenoxy) is 2. The van der Waals surface area contributed by atoms with Gasteiger partial charge < -0.3 is 14.8 Å². The summed E-state index contributed by atoms with van der Waals surface area (Å²) in [4.78, 5) is 40.4. The fourth-order valence-electron chi connectivity index (χ4n) is 2.59. The van der Waals surface area contributed by atoms with Crippen LogP contribution in [0.4, 0.5) is 0 Å². The smallest absolute Gasteiger partial charge is 0.277 e. The van der Waals surface area contributed by atoms with Crippen molar-refractivity contribution >= 4 is 29.5 Å². The van der Waals surface area contributed by atoms with Crippen LogP contribution in [-0.2, 0) is 9.59 Å². The molecule has 10 heteroatoms. The van der Waals surface area contributed by atoms with E-state index in [0.29, 0.717) is 37.0 Å². The normalized spacial score (nSPS) is 13.4. The van der Waals surface area contributed by atoms with Crippen molar-refractivity contribution in [2.75, 3.05) is 38.9 Å². The van der Waals surface area contributed by atoms with E-state index in [2.05, 4.69) is 10.3 Å². The summed E-state index contributed by atoms with van der Waals surface area (Å²) in [5, 5.41) is 5.58. The van der Waals surface area contributed by atoms with E-state index >= 15 is 0 Å². The minimum Gasteiger partial charge on any atom is -0.481 e. The molecule has 2 rings (SSSR count). The van der Waals surface area contributed by atoms with Gasteiger partial charge in [0.05, 0.1) is 20.1 Å². The molecule has 3 amide bonds. The Morgan fingerprint density at radius 1 is 1.19 bits per heavy atom. The van der Waals surface area contributed by atoms with E-state index in [4.69, 9.17) is 9.47 Å². The molecule has 1 fully saturated rings. The van der Waals surface area contributed by atoms with Gasteiger partial charge in [0.15, 0.2) is 0 Å². The third-order valence-electron chi connectivity index (χ3n) is 3.90. The summed E-state index contributed by atoms with van der Waals surface area (Å²) >= 11 is 1.46. The van der Waals surface area contributed by atoms with Gasteiger partial charge in [-0.15, -0.1) is 11.8 Å². The number of aromatic nitrogens is 1. The Kier molecular flexibility index (Phi) is 7.71. The van der Waals surface area contributed by atoms with Gasteiger partial charge in [-0.05, 0) is 12.5 Å². The molecular weight excluding hydrogens is 372 g/mol. The zero-order valence-corrected chi connectivity index (χ0v) is 16.5. The van der Waals surface area contributed by atoms with E-state index in [1.807, 2.05) is 0 Å². The number of hydrogen-bond donors (Lipinski definition) is 1. The van der Waals surface area contributed by atoms with Gasteiger partial charge in [-0.2, -0.15) is 4.98 Å². The SMILES string of the molecule is COc1ccc(C(=O)N2CCCN2C(=O)CCSCNC(C)=O)c(OC)n1. The number of amides is 3. The standard InChI is InChI=1S/C17H24N4O5S/c1-12(22)18-11-27-10-7-15(23)20-8-4-9-21(20)17(24)13-5-6-14(25-2)19-16(13)26-3/h5-6H,4,7-11H2,1-3H3,(H,18,22). The molecule has 1 aliphatic rings. The molecule has 148 valence electrons. The Balaban J connectivity index is 1.99. The number of thioether (sulfide) groups is 1. The van der Waals surface area contributed by atoms with Crippen LogP contribution in [0, 0.1) is 0 Å². The van der Waals surface area contributed by atoms with E-state index in [-0.39, 0.29) is 35.6 Å². The van der Waals surface area contributed by atoms with Gasteiger partial charge in [-0.1, -0.05) is 0 Å². The lowest BCUT2D eigenvalue weighted by molar-refractivity contribution is -0.140. The van der Waals surface area contributed by atoms with Crippen molar-refractivity contribution in [3.63, 3.8) is 0 Å². The van der Waals surface area contributed by atoms with Crippen molar-refractivity contribution < 1.29 is 23.9 Å². The van der Waals surface area contributed by atoms with Gasteiger partial charge >= 0.3 is 0 Å². The van der Waals surface area contributed by atoms with Crippen molar-refractivity contribution in [2.24, 2.45) is 0 Å². The molecule has 0 saturated carbocycles. The van der Waals surface area contributed by atoms with Crippen molar-refractivity contribution in [1.82, 2.24) is 20.3 Å². The molecule has 0 radical (unpaired) electrons. The minimum absolute atomic E-state index is 0.104. The first-order valence-electron chi connectivity index (χ1n) is 8.51. The summed E-state index contributed by atoms with van der Waals surface area (Å²) in [5.41, 5.74) is 0.276. The maximum atomic E-state index is 12.9. The Morgan fingerprint density at radius 3 is 2.59 bits per heavy atom. The molecule has 0 atom stereocenters. The zero-order valence-electron chi connectivity index (χ0n) is 15.7. The summed E-state index contributed by atoms with van der Waals surface area (Å²) in [6.45, 7) is 2.40. The predicted octanol–water partition coefficient (Wildman–Crippen LogP) is 0.905. The van der Waals surface area contributed by atoms with Crippen molar-refractivity contribution in [3.05, 3.63) is 17.7 Å². The first-order valence-corrected chi connectivity index (χ1v) is 9.66. The fourth-order valence-corrected chi connectivity index (χ4v) is 3.36. The third kappa shape index (κ3) is 5.49. The number of carbonyl (C=O) groups is 3. The second kappa shape index (κ2) is 10.0. The van der Waals surface area contributed by atoms with Crippen LogP contribution >= 0.6 is 11.8 Å². The molecule has 27 heavy (non-hydrogen) atoms. The Labute approximate surface area is 162 Å². The quantitative estimate of drug-likeness (QED) is 0.515. The van der Waals surface area contributed by atoms with Gasteiger partial charge in [0.2, 0.25) is 23.6 Å². The minimum atomic E-state index is -0.334. The highest BCUT2D eigenvalue weighted by atomic mass is 32.2. The Bertz CT molecular complexity index is 700. The summed E-state index contributed by atoms with van der Waals surface area (Å²) in [5.74, 6) is 0.950. The predicted molar refractivity (Wildman–Crippen MR) is 100 cm³/mol. The summed E-state index contributed by atoms with van der Waals surface area (Å²) in [6, 6.07) is 3.16. The molecule has 1 saturated heterocycles. The number of pyridine rings is 1. The lowest BCUT2D eigenvalue weighted by Gasteiger charge is -2.28. The van der Waals surface area contributed by atoms with Crippen LogP contribution in [0.25, 0.3) is 0 Å². The number of carbonyl (C=O) groups excluding carboxylic acids is 3. The van der Waals surface area contributed by atoms with Crippen LogP contribution in [-0.4, -0.2) is 71.7 Å². The highest BCUT2D eigenvalue weighted by molar-refractivity contribution is 7.99. The van der Waals surface area contributed by atoms with Crippen molar-refractivity contribution in [1.29, 1.82) is 0 Å². The maximum Gasteiger partial charge on any atom is 0.277 e. The molecule has 0 unspecified atom stereocenters. The molecule has 1 N–H and O–H groups in total. The molecule has 1 aromatic rings. The summed E-state index contributed by atoms with van der Waals surface area (Å²) < 4.78 is 10.2. The molecular formula is C17H24N4O5S. The second-order valence-electron chi connectivity index (χ2n) is 5.74. The summed E-state index contributed by atoms with van der Waals surface area (Å²) in [6.07, 6.45) is 0.994. The van der Waals surface area contributed by atoms with Crippen LogP contribution in [0.2, 0.25) is 0 Å². The van der Waals surface area contributed by atoms with Gasteiger partial charge in [0, 0.05) is 38.3 Å². The van der Waals surface area contributed by atoms with Crippen molar-refractivity contribution in [3.8, 4) is 11.8 Å². The van der Waals surface area contributed by atoms with E-state index in [1.165, 1.54) is 42.9 Å². The maximum absolute atomic E-state index is 12.9. The van der Waals surface area contributed by atoms with Crippen LogP contribution in [0.5, 0.6) is 11.8 Å². The van der Waals surface area contributed by atoms with Crippen LogP contribution in [0.3, 0.4) is 0 Å². The molecule has 1 aromatic heterocycles. The number of hydrazine groups is 1. The molecule has 2 heterocycles. The Morgan fingerprint density at radius 2 is 1.93 bits per heavy atom. The van der Waals surface area contributed by atoms with Crippen molar-refractivity contribution in [2.45, 2.75) is 19.8 Å². The average molecular weight is 396 g/mol. The lowest BCUT2D eigenvalue weighted by atomic mass is 10.2. The average Bonchev–Trinajstić information content (AvgIpc) is 3.16. The topological polar surface area (TPSA) is 101 Å². The zero-order chi connectivity index (χ0) is 19.8. The molecule has 1 aliphatic heterocycles. The van der Waals surface area contributed by atoms with Gasteiger partial charge in [0.25, 0.3) is 5.91 Å². The molecule has 0 bridgehead atoms. The number of hydrogen-bond acceptors (Lipinski definition) is 7. The molecule has 0 aromatic carbocycles. The van der Waals surface area contributed by atoms with Crippen LogP contribution < -0.4 is 14.8 Å². The number of rotatable bonds is 8. The molecule has 9 nitrogen and oxygen atoms in total.